The fourth-order valence-electron chi connectivity index (χ4n) is 1.78. The predicted molar refractivity (Wildman–Crippen MR) is 79.3 cm³/mol. The Balaban J connectivity index is 3.34. The molecule has 1 aliphatic carbocycles. The van der Waals surface area contributed by atoms with Gasteiger partial charge in [0.25, 0.3) is 0 Å². The first-order chi connectivity index (χ1) is 8.93. The molecule has 0 aromatic rings. The number of oxime groups is 1. The third-order valence-electron chi connectivity index (χ3n) is 3.02. The van der Waals surface area contributed by atoms with Gasteiger partial charge in [-0.2, -0.15) is 0 Å². The molecule has 20 heavy (non-hydrogen) atoms. The van der Waals surface area contributed by atoms with E-state index >= 15 is 0 Å². The first-order valence-electron chi connectivity index (χ1n) is 6.67. The van der Waals surface area contributed by atoms with Crippen LogP contribution < -0.4 is 0 Å². The summed E-state index contributed by atoms with van der Waals surface area (Å²) in [5.41, 5.74) is 1.44. The highest BCUT2D eigenvalue weighted by Gasteiger charge is 2.32. The third kappa shape index (κ3) is 3.89. The minimum atomic E-state index is -0.539. The SMILES string of the molecule is CC(=O)ON=C1C=C(C(C)(C)C)C=C(C(C)(C)C)C1=O. The average Bonchev–Trinajstić information content (AvgIpc) is 2.24. The molecule has 0 aromatic carbocycles. The molecular weight excluding hydrogens is 254 g/mol. The van der Waals surface area contributed by atoms with Crippen molar-refractivity contribution in [1.82, 2.24) is 0 Å². The zero-order chi connectivity index (χ0) is 15.7. The Hall–Kier alpha value is -1.71. The molecule has 4 heteroatoms. The van der Waals surface area contributed by atoms with Gasteiger partial charge < -0.3 is 4.84 Å². The van der Waals surface area contributed by atoms with E-state index in [0.29, 0.717) is 5.57 Å². The van der Waals surface area contributed by atoms with E-state index in [2.05, 4.69) is 30.8 Å². The summed E-state index contributed by atoms with van der Waals surface area (Å²) >= 11 is 0. The summed E-state index contributed by atoms with van der Waals surface area (Å²) in [5, 5.41) is 3.69. The van der Waals surface area contributed by atoms with E-state index in [4.69, 9.17) is 0 Å². The Bertz CT molecular complexity index is 523. The lowest BCUT2D eigenvalue weighted by atomic mass is 9.74. The number of rotatable bonds is 1. The molecule has 0 aromatic heterocycles. The molecule has 0 radical (unpaired) electrons. The number of allylic oxidation sites excluding steroid dienone is 4. The van der Waals surface area contributed by atoms with Crippen molar-refractivity contribution in [2.24, 2.45) is 16.0 Å². The molecule has 1 rings (SSSR count). The number of carbonyl (C=O) groups excluding carboxylic acids is 2. The van der Waals surface area contributed by atoms with Gasteiger partial charge in [0, 0.05) is 12.5 Å². The summed E-state index contributed by atoms with van der Waals surface area (Å²) in [5.74, 6) is -0.727. The van der Waals surface area contributed by atoms with Crippen LogP contribution in [0.15, 0.2) is 28.5 Å². The zero-order valence-electron chi connectivity index (χ0n) is 13.3. The summed E-state index contributed by atoms with van der Waals surface area (Å²) in [6.07, 6.45) is 3.62. The van der Waals surface area contributed by atoms with Gasteiger partial charge in [0.2, 0.25) is 5.78 Å². The summed E-state index contributed by atoms with van der Waals surface area (Å²) < 4.78 is 0. The standard InChI is InChI=1S/C16H23NO3/c1-10(18)20-17-13-9-11(15(2,3)4)8-12(14(13)19)16(5,6)7/h8-9H,1-7H3. The summed E-state index contributed by atoms with van der Waals surface area (Å²) in [6.45, 7) is 13.4. The smallest absolute Gasteiger partial charge is 0.318 e. The molecule has 0 spiro atoms. The molecule has 0 bridgehead atoms. The van der Waals surface area contributed by atoms with Crippen LogP contribution in [0.1, 0.15) is 48.5 Å². The van der Waals surface area contributed by atoms with Gasteiger partial charge >= 0.3 is 5.97 Å². The van der Waals surface area contributed by atoms with Crippen molar-refractivity contribution >= 4 is 17.5 Å². The molecule has 4 nitrogen and oxygen atoms in total. The number of hydrogen-bond donors (Lipinski definition) is 0. The van der Waals surface area contributed by atoms with Gasteiger partial charge in [0.15, 0.2) is 5.71 Å². The van der Waals surface area contributed by atoms with E-state index in [0.717, 1.165) is 5.57 Å². The predicted octanol–water partition coefficient (Wildman–Crippen LogP) is 3.43. The first-order valence-corrected chi connectivity index (χ1v) is 6.67. The van der Waals surface area contributed by atoms with Gasteiger partial charge in [-0.25, -0.2) is 4.79 Å². The van der Waals surface area contributed by atoms with Crippen LogP contribution in [-0.4, -0.2) is 17.5 Å². The second-order valence-electron chi connectivity index (χ2n) is 7.05. The Kier molecular flexibility index (Phi) is 4.37. The maximum atomic E-state index is 12.4. The van der Waals surface area contributed by atoms with E-state index in [1.807, 2.05) is 26.8 Å². The van der Waals surface area contributed by atoms with Crippen LogP contribution in [0.3, 0.4) is 0 Å². The second kappa shape index (κ2) is 5.35. The fourth-order valence-corrected chi connectivity index (χ4v) is 1.78. The van der Waals surface area contributed by atoms with E-state index in [1.54, 1.807) is 6.08 Å². The molecule has 1 aliphatic rings. The van der Waals surface area contributed by atoms with E-state index in [9.17, 15) is 9.59 Å². The van der Waals surface area contributed by atoms with Crippen LogP contribution in [-0.2, 0) is 14.4 Å². The van der Waals surface area contributed by atoms with Gasteiger partial charge in [0.1, 0.15) is 0 Å². The molecule has 0 saturated carbocycles. The molecule has 0 fully saturated rings. The van der Waals surface area contributed by atoms with Crippen molar-refractivity contribution < 1.29 is 14.4 Å². The highest BCUT2D eigenvalue weighted by Crippen LogP contribution is 2.36. The molecule has 0 N–H and O–H groups in total. The van der Waals surface area contributed by atoms with Crippen molar-refractivity contribution in [3.05, 3.63) is 23.3 Å². The Morgan fingerprint density at radius 2 is 1.60 bits per heavy atom. The maximum Gasteiger partial charge on any atom is 0.332 e. The highest BCUT2D eigenvalue weighted by molar-refractivity contribution is 6.50. The maximum absolute atomic E-state index is 12.4. The Morgan fingerprint density at radius 1 is 1.05 bits per heavy atom. The molecule has 0 atom stereocenters. The Labute approximate surface area is 120 Å². The van der Waals surface area contributed by atoms with E-state index in [1.165, 1.54) is 6.92 Å². The molecule has 0 unspecified atom stereocenters. The lowest BCUT2D eigenvalue weighted by molar-refractivity contribution is -0.140. The molecule has 0 saturated heterocycles. The number of hydrogen-bond acceptors (Lipinski definition) is 4. The summed E-state index contributed by atoms with van der Waals surface area (Å²) in [4.78, 5) is 27.9. The lowest BCUT2D eigenvalue weighted by Crippen LogP contribution is -2.29. The monoisotopic (exact) mass is 277 g/mol. The van der Waals surface area contributed by atoms with Crippen molar-refractivity contribution in [2.75, 3.05) is 0 Å². The number of ketones is 1. The van der Waals surface area contributed by atoms with E-state index in [-0.39, 0.29) is 22.3 Å². The van der Waals surface area contributed by atoms with Crippen LogP contribution in [0, 0.1) is 10.8 Å². The normalized spacial score (nSPS) is 18.8. The Morgan fingerprint density at radius 3 is 2.00 bits per heavy atom. The average molecular weight is 277 g/mol. The van der Waals surface area contributed by atoms with Gasteiger partial charge in [-0.15, -0.1) is 0 Å². The molecule has 0 aliphatic heterocycles. The topological polar surface area (TPSA) is 55.7 Å². The van der Waals surface area contributed by atoms with Crippen molar-refractivity contribution in [2.45, 2.75) is 48.5 Å². The van der Waals surface area contributed by atoms with E-state index < -0.39 is 5.97 Å². The van der Waals surface area contributed by atoms with Gasteiger partial charge in [-0.1, -0.05) is 52.8 Å². The van der Waals surface area contributed by atoms with Crippen molar-refractivity contribution in [3.8, 4) is 0 Å². The highest BCUT2D eigenvalue weighted by atomic mass is 16.7. The van der Waals surface area contributed by atoms with Crippen LogP contribution in [0.4, 0.5) is 0 Å². The van der Waals surface area contributed by atoms with Crippen LogP contribution in [0.5, 0.6) is 0 Å². The minimum absolute atomic E-state index is 0.117. The van der Waals surface area contributed by atoms with Crippen molar-refractivity contribution in [3.63, 3.8) is 0 Å². The van der Waals surface area contributed by atoms with Gasteiger partial charge in [0.05, 0.1) is 0 Å². The number of carbonyl (C=O) groups is 2. The van der Waals surface area contributed by atoms with Gasteiger partial charge in [-0.05, 0) is 22.5 Å². The van der Waals surface area contributed by atoms with Crippen LogP contribution in [0.2, 0.25) is 0 Å². The van der Waals surface area contributed by atoms with Gasteiger partial charge in [-0.3, -0.25) is 4.79 Å². The zero-order valence-corrected chi connectivity index (χ0v) is 13.3. The second-order valence-corrected chi connectivity index (χ2v) is 7.05. The summed E-state index contributed by atoms with van der Waals surface area (Å²) in [6, 6.07) is 0. The molecule has 0 heterocycles. The van der Waals surface area contributed by atoms with Crippen LogP contribution in [0.25, 0.3) is 0 Å². The lowest BCUT2D eigenvalue weighted by Gasteiger charge is -2.29. The third-order valence-corrected chi connectivity index (χ3v) is 3.02. The fraction of sp³-hybridized carbons (Fsp3) is 0.562. The first kappa shape index (κ1) is 16.3. The largest absolute Gasteiger partial charge is 0.332 e. The van der Waals surface area contributed by atoms with Crippen LogP contribution >= 0.6 is 0 Å². The molecule has 0 amide bonds. The number of Topliss-reactive ketones (excluding diaryl/α,β-unsaturated/α-hetero) is 1. The van der Waals surface area contributed by atoms with Crippen molar-refractivity contribution in [1.29, 1.82) is 0 Å². The molecular formula is C16H23NO3. The quantitative estimate of drug-likeness (QED) is 0.419. The molecule has 110 valence electrons. The number of nitrogens with zero attached hydrogens (tertiary/aromatic N) is 1. The minimum Gasteiger partial charge on any atom is -0.318 e. The summed E-state index contributed by atoms with van der Waals surface area (Å²) in [7, 11) is 0.